The summed E-state index contributed by atoms with van der Waals surface area (Å²) in [4.78, 5) is 12.6. The van der Waals surface area contributed by atoms with E-state index < -0.39 is 0 Å². The number of carbonyl (C=O) groups excluding carboxylic acids is 1. The first-order valence-electron chi connectivity index (χ1n) is 12.2. The second kappa shape index (κ2) is 11.2. The normalized spacial score (nSPS) is 19.0. The molecule has 1 saturated carbocycles. The summed E-state index contributed by atoms with van der Waals surface area (Å²) in [6, 6.07) is 27.1. The lowest BCUT2D eigenvalue weighted by atomic mass is 9.78. The van der Waals surface area contributed by atoms with Crippen LogP contribution < -0.4 is 9.47 Å². The maximum Gasteiger partial charge on any atom is 0.314 e. The molecule has 3 aromatic rings. The number of esters is 1. The van der Waals surface area contributed by atoms with E-state index in [2.05, 4.69) is 61.5 Å². The summed E-state index contributed by atoms with van der Waals surface area (Å²) in [5.74, 6) is 2.29. The molecule has 1 aliphatic rings. The minimum Gasteiger partial charge on any atom is -0.494 e. The van der Waals surface area contributed by atoms with E-state index >= 15 is 0 Å². The molecule has 4 rings (SSSR count). The number of ether oxygens (including phenoxy) is 2. The lowest BCUT2D eigenvalue weighted by Crippen LogP contribution is -2.25. The molecule has 1 fully saturated rings. The summed E-state index contributed by atoms with van der Waals surface area (Å²) in [6.07, 6.45) is 4.88. The van der Waals surface area contributed by atoms with E-state index in [1.165, 1.54) is 16.7 Å². The maximum absolute atomic E-state index is 12.6. The molecular weight excluding hydrogens is 408 g/mol. The fourth-order valence-corrected chi connectivity index (χ4v) is 4.81. The first-order valence-corrected chi connectivity index (χ1v) is 12.2. The second-order valence-electron chi connectivity index (χ2n) is 9.13. The van der Waals surface area contributed by atoms with E-state index in [0.717, 1.165) is 37.9 Å². The monoisotopic (exact) mass is 442 g/mol. The zero-order valence-electron chi connectivity index (χ0n) is 19.7. The molecule has 0 bridgehead atoms. The molecule has 0 heterocycles. The topological polar surface area (TPSA) is 35.5 Å². The Bertz CT molecular complexity index is 1000. The molecule has 33 heavy (non-hydrogen) atoms. The van der Waals surface area contributed by atoms with Crippen molar-refractivity contribution in [3.63, 3.8) is 0 Å². The highest BCUT2D eigenvalue weighted by molar-refractivity contribution is 5.75. The fraction of sp³-hybridized carbons (Fsp3) is 0.367. The molecule has 1 atom stereocenters. The number of hydrogen-bond acceptors (Lipinski definition) is 3. The van der Waals surface area contributed by atoms with Crippen LogP contribution in [0, 0.1) is 5.92 Å². The Kier molecular flexibility index (Phi) is 7.83. The van der Waals surface area contributed by atoms with Crippen LogP contribution in [-0.2, 0) is 11.2 Å². The van der Waals surface area contributed by atoms with Crippen LogP contribution in [0.3, 0.4) is 0 Å². The highest BCUT2D eigenvalue weighted by Crippen LogP contribution is 2.37. The number of carbonyl (C=O) groups is 1. The van der Waals surface area contributed by atoms with Gasteiger partial charge in [0.1, 0.15) is 11.5 Å². The van der Waals surface area contributed by atoms with Crippen molar-refractivity contribution in [3.05, 3.63) is 95.6 Å². The maximum atomic E-state index is 12.6. The van der Waals surface area contributed by atoms with E-state index in [9.17, 15) is 4.79 Å². The third-order valence-electron chi connectivity index (χ3n) is 6.78. The molecule has 3 nitrogen and oxygen atoms in total. The summed E-state index contributed by atoms with van der Waals surface area (Å²) in [5.41, 5.74) is 4.16. The van der Waals surface area contributed by atoms with Crippen molar-refractivity contribution in [2.45, 2.75) is 57.8 Å². The highest BCUT2D eigenvalue weighted by atomic mass is 16.5. The number of benzene rings is 3. The third-order valence-corrected chi connectivity index (χ3v) is 6.78. The van der Waals surface area contributed by atoms with Gasteiger partial charge in [-0.1, -0.05) is 61.5 Å². The molecule has 0 saturated heterocycles. The van der Waals surface area contributed by atoms with Crippen LogP contribution in [0.25, 0.3) is 0 Å². The zero-order chi connectivity index (χ0) is 23.0. The van der Waals surface area contributed by atoms with Crippen molar-refractivity contribution in [2.24, 2.45) is 5.92 Å². The van der Waals surface area contributed by atoms with E-state index in [1.54, 1.807) is 12.1 Å². The van der Waals surface area contributed by atoms with Gasteiger partial charge in [0.15, 0.2) is 0 Å². The van der Waals surface area contributed by atoms with Crippen molar-refractivity contribution in [3.8, 4) is 11.5 Å². The SMILES string of the molecule is CCOc1ccc(OC(=O)C2CCC(c3ccc(C[C@@H](C)c4ccccc4)cc3)CC2)cc1. The van der Waals surface area contributed by atoms with Gasteiger partial charge < -0.3 is 9.47 Å². The minimum absolute atomic E-state index is 0.0150. The Labute approximate surface area is 197 Å². The highest BCUT2D eigenvalue weighted by Gasteiger charge is 2.28. The summed E-state index contributed by atoms with van der Waals surface area (Å²) in [6.45, 7) is 4.86. The Morgan fingerprint density at radius 2 is 1.48 bits per heavy atom. The van der Waals surface area contributed by atoms with Crippen LogP contribution in [-0.4, -0.2) is 12.6 Å². The van der Waals surface area contributed by atoms with Crippen molar-refractivity contribution < 1.29 is 14.3 Å². The molecule has 0 unspecified atom stereocenters. The summed E-state index contributed by atoms with van der Waals surface area (Å²) >= 11 is 0. The van der Waals surface area contributed by atoms with Crippen LogP contribution in [0.1, 0.15) is 68.1 Å². The molecule has 0 N–H and O–H groups in total. The van der Waals surface area contributed by atoms with Crippen molar-refractivity contribution in [1.29, 1.82) is 0 Å². The van der Waals surface area contributed by atoms with Gasteiger partial charge in [0.05, 0.1) is 12.5 Å². The van der Waals surface area contributed by atoms with Crippen LogP contribution in [0.4, 0.5) is 0 Å². The van der Waals surface area contributed by atoms with Gasteiger partial charge in [0.25, 0.3) is 0 Å². The van der Waals surface area contributed by atoms with Gasteiger partial charge in [-0.3, -0.25) is 4.79 Å². The van der Waals surface area contributed by atoms with Crippen LogP contribution in [0.15, 0.2) is 78.9 Å². The van der Waals surface area contributed by atoms with Gasteiger partial charge in [-0.2, -0.15) is 0 Å². The lowest BCUT2D eigenvalue weighted by Gasteiger charge is -2.27. The van der Waals surface area contributed by atoms with Gasteiger partial charge in [0.2, 0.25) is 0 Å². The summed E-state index contributed by atoms with van der Waals surface area (Å²) in [7, 11) is 0. The van der Waals surface area contributed by atoms with Gasteiger partial charge in [0, 0.05) is 0 Å². The lowest BCUT2D eigenvalue weighted by molar-refractivity contribution is -0.140. The van der Waals surface area contributed by atoms with Crippen LogP contribution >= 0.6 is 0 Å². The minimum atomic E-state index is -0.108. The Hall–Kier alpha value is -3.07. The van der Waals surface area contributed by atoms with E-state index in [4.69, 9.17) is 9.47 Å². The molecule has 0 aromatic heterocycles. The molecular formula is C30H34O3. The Morgan fingerprint density at radius 1 is 0.848 bits per heavy atom. The van der Waals surface area contributed by atoms with Gasteiger partial charge in [-0.05, 0) is 91.8 Å². The first-order chi connectivity index (χ1) is 16.1. The van der Waals surface area contributed by atoms with E-state index in [-0.39, 0.29) is 11.9 Å². The van der Waals surface area contributed by atoms with Crippen LogP contribution in [0.5, 0.6) is 11.5 Å². The van der Waals surface area contributed by atoms with E-state index in [0.29, 0.717) is 24.2 Å². The average Bonchev–Trinajstić information content (AvgIpc) is 2.86. The summed E-state index contributed by atoms with van der Waals surface area (Å²) in [5, 5.41) is 0. The quantitative estimate of drug-likeness (QED) is 0.271. The second-order valence-corrected chi connectivity index (χ2v) is 9.13. The van der Waals surface area contributed by atoms with Crippen LogP contribution in [0.2, 0.25) is 0 Å². The molecule has 3 heteroatoms. The Balaban J connectivity index is 1.26. The molecule has 3 aromatic carbocycles. The standard InChI is InChI=1S/C30H34O3/c1-3-32-28-17-19-29(20-18-28)33-30(31)27-15-13-26(14-16-27)25-11-9-23(10-12-25)21-22(2)24-7-5-4-6-8-24/h4-12,17-20,22,26-27H,3,13-16,21H2,1-2H3/t22-,26?,27?/m1/s1. The predicted molar refractivity (Wildman–Crippen MR) is 133 cm³/mol. The van der Waals surface area contributed by atoms with Gasteiger partial charge in [-0.25, -0.2) is 0 Å². The predicted octanol–water partition coefficient (Wildman–Crippen LogP) is 7.31. The van der Waals surface area contributed by atoms with Crippen molar-refractivity contribution in [1.82, 2.24) is 0 Å². The number of hydrogen-bond donors (Lipinski definition) is 0. The average molecular weight is 443 g/mol. The Morgan fingerprint density at radius 3 is 2.12 bits per heavy atom. The zero-order valence-corrected chi connectivity index (χ0v) is 19.7. The third kappa shape index (κ3) is 6.25. The molecule has 1 aliphatic carbocycles. The largest absolute Gasteiger partial charge is 0.494 e. The number of rotatable bonds is 8. The molecule has 0 amide bonds. The smallest absolute Gasteiger partial charge is 0.314 e. The summed E-state index contributed by atoms with van der Waals surface area (Å²) < 4.78 is 11.1. The van der Waals surface area contributed by atoms with Gasteiger partial charge >= 0.3 is 5.97 Å². The molecule has 0 aliphatic heterocycles. The molecule has 0 spiro atoms. The first kappa shape index (κ1) is 23.1. The molecule has 172 valence electrons. The van der Waals surface area contributed by atoms with Gasteiger partial charge in [-0.15, -0.1) is 0 Å². The van der Waals surface area contributed by atoms with Crippen molar-refractivity contribution >= 4 is 5.97 Å². The van der Waals surface area contributed by atoms with Crippen molar-refractivity contribution in [2.75, 3.05) is 6.61 Å². The van der Waals surface area contributed by atoms with E-state index in [1.807, 2.05) is 19.1 Å². The molecule has 0 radical (unpaired) electrons. The fourth-order valence-electron chi connectivity index (χ4n) is 4.81.